The number of halogens is 1. The minimum absolute atomic E-state index is 0.319. The zero-order valence-electron chi connectivity index (χ0n) is 18.1. The van der Waals surface area contributed by atoms with Crippen LogP contribution in [0.25, 0.3) is 10.6 Å². The number of aryl methyl sites for hydroxylation is 1. The third-order valence-electron chi connectivity index (χ3n) is 5.85. The third kappa shape index (κ3) is 4.78. The molecule has 0 bridgehead atoms. The number of thiazole rings is 1. The maximum atomic E-state index is 14.8. The number of amides is 1. The summed E-state index contributed by atoms with van der Waals surface area (Å²) in [4.78, 5) is 21.4. The van der Waals surface area contributed by atoms with Gasteiger partial charge in [0.25, 0.3) is 5.91 Å². The Hall–Kier alpha value is -2.77. The maximum absolute atomic E-state index is 14.8. The van der Waals surface area contributed by atoms with Gasteiger partial charge in [0, 0.05) is 35.8 Å². The first-order chi connectivity index (χ1) is 14.9. The molecule has 4 rings (SSSR count). The normalized spacial score (nSPS) is 14.8. The van der Waals surface area contributed by atoms with E-state index in [1.54, 1.807) is 17.5 Å². The van der Waals surface area contributed by atoms with Crippen molar-refractivity contribution in [2.24, 2.45) is 0 Å². The van der Waals surface area contributed by atoms with Crippen LogP contribution in [0, 0.1) is 12.7 Å². The summed E-state index contributed by atoms with van der Waals surface area (Å²) in [5, 5.41) is 5.30. The van der Waals surface area contributed by atoms with Gasteiger partial charge < -0.3 is 15.1 Å². The zero-order chi connectivity index (χ0) is 22.0. The van der Waals surface area contributed by atoms with E-state index in [1.807, 2.05) is 31.2 Å². The molecule has 7 heteroatoms. The molecular formula is C24H27FN4OS. The van der Waals surface area contributed by atoms with Crippen LogP contribution in [0.4, 0.5) is 15.8 Å². The van der Waals surface area contributed by atoms with Crippen LogP contribution < -0.4 is 10.2 Å². The lowest BCUT2D eigenvalue weighted by molar-refractivity contribution is 0.102. The van der Waals surface area contributed by atoms with Gasteiger partial charge in [-0.3, -0.25) is 4.79 Å². The number of rotatable bonds is 5. The Labute approximate surface area is 186 Å². The van der Waals surface area contributed by atoms with Gasteiger partial charge in [0.2, 0.25) is 0 Å². The molecule has 5 nitrogen and oxygen atoms in total. The Bertz CT molecular complexity index is 1070. The summed E-state index contributed by atoms with van der Waals surface area (Å²) < 4.78 is 14.8. The van der Waals surface area contributed by atoms with Gasteiger partial charge in [0.1, 0.15) is 16.5 Å². The molecule has 1 saturated heterocycles. The Morgan fingerprint density at radius 3 is 2.61 bits per heavy atom. The summed E-state index contributed by atoms with van der Waals surface area (Å²) in [5.41, 5.74) is 3.47. The SMILES string of the molecule is Cc1ccccc1-c1nc(C(=O)Nc2ccc(N3CCC(N(C)C)CC3)c(F)c2)cs1. The monoisotopic (exact) mass is 438 g/mol. The molecule has 0 saturated carbocycles. The number of hydrogen-bond donors (Lipinski definition) is 1. The molecule has 2 aromatic carbocycles. The van der Waals surface area contributed by atoms with E-state index in [9.17, 15) is 9.18 Å². The fourth-order valence-corrected chi connectivity index (χ4v) is 4.86. The van der Waals surface area contributed by atoms with Crippen LogP contribution in [0.1, 0.15) is 28.9 Å². The zero-order valence-corrected chi connectivity index (χ0v) is 18.9. The van der Waals surface area contributed by atoms with Crippen molar-refractivity contribution in [1.82, 2.24) is 9.88 Å². The van der Waals surface area contributed by atoms with Crippen LogP contribution in [0.5, 0.6) is 0 Å². The molecule has 0 spiro atoms. The van der Waals surface area contributed by atoms with E-state index < -0.39 is 0 Å². The van der Waals surface area contributed by atoms with Crippen LogP contribution in [0.3, 0.4) is 0 Å². The Morgan fingerprint density at radius 2 is 1.94 bits per heavy atom. The van der Waals surface area contributed by atoms with E-state index in [2.05, 4.69) is 34.2 Å². The lowest BCUT2D eigenvalue weighted by atomic mass is 10.0. The molecule has 1 aromatic heterocycles. The smallest absolute Gasteiger partial charge is 0.275 e. The van der Waals surface area contributed by atoms with E-state index in [1.165, 1.54) is 17.4 Å². The maximum Gasteiger partial charge on any atom is 0.275 e. The molecular weight excluding hydrogens is 411 g/mol. The van der Waals surface area contributed by atoms with Gasteiger partial charge in [-0.1, -0.05) is 24.3 Å². The highest BCUT2D eigenvalue weighted by molar-refractivity contribution is 7.13. The second kappa shape index (κ2) is 9.16. The third-order valence-corrected chi connectivity index (χ3v) is 6.73. The Kier molecular flexibility index (Phi) is 6.34. The number of benzene rings is 2. The highest BCUT2D eigenvalue weighted by Crippen LogP contribution is 2.29. The van der Waals surface area contributed by atoms with E-state index >= 15 is 0 Å². The van der Waals surface area contributed by atoms with Crippen LogP contribution in [-0.4, -0.2) is 49.0 Å². The molecule has 162 valence electrons. The average Bonchev–Trinajstić information content (AvgIpc) is 3.24. The van der Waals surface area contributed by atoms with Crippen molar-refractivity contribution < 1.29 is 9.18 Å². The summed E-state index contributed by atoms with van der Waals surface area (Å²) in [6, 6.07) is 13.4. The molecule has 1 amide bonds. The first-order valence-electron chi connectivity index (χ1n) is 10.5. The number of aromatic nitrogens is 1. The van der Waals surface area contributed by atoms with E-state index in [0.717, 1.165) is 42.1 Å². The molecule has 31 heavy (non-hydrogen) atoms. The number of piperidine rings is 1. The van der Waals surface area contributed by atoms with Crippen LogP contribution >= 0.6 is 11.3 Å². The minimum Gasteiger partial charge on any atom is -0.369 e. The van der Waals surface area contributed by atoms with E-state index in [4.69, 9.17) is 0 Å². The molecule has 1 N–H and O–H groups in total. The largest absolute Gasteiger partial charge is 0.369 e. The van der Waals surface area contributed by atoms with Crippen molar-refractivity contribution in [2.45, 2.75) is 25.8 Å². The number of nitrogens with one attached hydrogen (secondary N) is 1. The van der Waals surface area contributed by atoms with Crippen molar-refractivity contribution in [3.8, 4) is 10.6 Å². The van der Waals surface area contributed by atoms with Gasteiger partial charge in [-0.25, -0.2) is 9.37 Å². The molecule has 1 aliphatic heterocycles. The van der Waals surface area contributed by atoms with Crippen LogP contribution in [0.2, 0.25) is 0 Å². The van der Waals surface area contributed by atoms with Gasteiger partial charge in [0.15, 0.2) is 0 Å². The van der Waals surface area contributed by atoms with Crippen molar-refractivity contribution in [2.75, 3.05) is 37.4 Å². The summed E-state index contributed by atoms with van der Waals surface area (Å²) in [5.74, 6) is -0.657. The molecule has 0 atom stereocenters. The lowest BCUT2D eigenvalue weighted by Gasteiger charge is -2.36. The summed E-state index contributed by atoms with van der Waals surface area (Å²) in [6.45, 7) is 3.67. The van der Waals surface area contributed by atoms with Crippen molar-refractivity contribution in [3.63, 3.8) is 0 Å². The molecule has 0 unspecified atom stereocenters. The first kappa shape index (κ1) is 21.5. The minimum atomic E-state index is -0.338. The number of hydrogen-bond acceptors (Lipinski definition) is 5. The number of carbonyl (C=O) groups excluding carboxylic acids is 1. The quantitative estimate of drug-likeness (QED) is 0.606. The van der Waals surface area contributed by atoms with Gasteiger partial charge in [-0.05, 0) is 57.6 Å². The standard InChI is InChI=1S/C24H27FN4OS/c1-16-6-4-5-7-19(16)24-27-21(15-31-24)23(30)26-17-8-9-22(20(25)14-17)29-12-10-18(11-13-29)28(2)3/h4-9,14-15,18H,10-13H2,1-3H3,(H,26,30). The topological polar surface area (TPSA) is 48.5 Å². The van der Waals surface area contributed by atoms with E-state index in [0.29, 0.717) is 23.1 Å². The molecule has 3 aromatic rings. The number of nitrogens with zero attached hydrogens (tertiary/aromatic N) is 3. The lowest BCUT2D eigenvalue weighted by Crippen LogP contribution is -2.42. The number of carbonyl (C=O) groups is 1. The van der Waals surface area contributed by atoms with Crippen LogP contribution in [0.15, 0.2) is 47.8 Å². The average molecular weight is 439 g/mol. The van der Waals surface area contributed by atoms with Gasteiger partial charge in [-0.2, -0.15) is 0 Å². The second-order valence-corrected chi connectivity index (χ2v) is 9.01. The van der Waals surface area contributed by atoms with E-state index in [-0.39, 0.29) is 11.7 Å². The molecule has 1 fully saturated rings. The highest BCUT2D eigenvalue weighted by atomic mass is 32.1. The van der Waals surface area contributed by atoms with Crippen LogP contribution in [-0.2, 0) is 0 Å². The van der Waals surface area contributed by atoms with Crippen molar-refractivity contribution >= 4 is 28.6 Å². The van der Waals surface area contributed by atoms with Crippen molar-refractivity contribution in [1.29, 1.82) is 0 Å². The fraction of sp³-hybridized carbons (Fsp3) is 0.333. The van der Waals surface area contributed by atoms with Gasteiger partial charge in [-0.15, -0.1) is 11.3 Å². The predicted molar refractivity (Wildman–Crippen MR) is 126 cm³/mol. The molecule has 1 aliphatic rings. The second-order valence-electron chi connectivity index (χ2n) is 8.15. The molecule has 0 aliphatic carbocycles. The molecule has 0 radical (unpaired) electrons. The summed E-state index contributed by atoms with van der Waals surface area (Å²) >= 11 is 1.43. The fourth-order valence-electron chi connectivity index (χ4n) is 3.97. The van der Waals surface area contributed by atoms with Gasteiger partial charge in [0.05, 0.1) is 5.69 Å². The van der Waals surface area contributed by atoms with Gasteiger partial charge >= 0.3 is 0 Å². The summed E-state index contributed by atoms with van der Waals surface area (Å²) in [7, 11) is 4.18. The van der Waals surface area contributed by atoms with Crippen molar-refractivity contribution in [3.05, 3.63) is 64.9 Å². The Morgan fingerprint density at radius 1 is 1.19 bits per heavy atom. The number of anilines is 2. The predicted octanol–water partition coefficient (Wildman–Crippen LogP) is 5.04. The first-order valence-corrected chi connectivity index (χ1v) is 11.3. The highest BCUT2D eigenvalue weighted by Gasteiger charge is 2.23. The summed E-state index contributed by atoms with van der Waals surface area (Å²) in [6.07, 6.45) is 2.02. The Balaban J connectivity index is 1.43. The molecule has 2 heterocycles.